The van der Waals surface area contributed by atoms with Gasteiger partial charge in [0.15, 0.2) is 0 Å². The van der Waals surface area contributed by atoms with Crippen molar-refractivity contribution in [2.75, 3.05) is 6.54 Å². The van der Waals surface area contributed by atoms with Gasteiger partial charge in [-0.15, -0.1) is 11.3 Å². The van der Waals surface area contributed by atoms with Gasteiger partial charge < -0.3 is 5.32 Å². The zero-order valence-electron chi connectivity index (χ0n) is 12.6. The smallest absolute Gasteiger partial charge is 0.0968 e. The molecule has 1 aromatic rings. The second-order valence-electron chi connectivity index (χ2n) is 7.10. The number of hydrogen-bond acceptors (Lipinski definition) is 3. The molecule has 2 rings (SSSR count). The molecule has 0 aliphatic heterocycles. The van der Waals surface area contributed by atoms with Gasteiger partial charge in [-0.2, -0.15) is 0 Å². The molecule has 1 aliphatic rings. The predicted octanol–water partition coefficient (Wildman–Crippen LogP) is 4.06. The first-order valence-corrected chi connectivity index (χ1v) is 7.78. The fraction of sp³-hybridized carbons (Fsp3) is 0.800. The van der Waals surface area contributed by atoms with Gasteiger partial charge in [0, 0.05) is 22.8 Å². The molecule has 1 heterocycles. The summed E-state index contributed by atoms with van der Waals surface area (Å²) >= 11 is 1.93. The van der Waals surface area contributed by atoms with E-state index in [-0.39, 0.29) is 5.41 Å². The van der Waals surface area contributed by atoms with Crippen molar-refractivity contribution >= 4 is 11.3 Å². The fourth-order valence-corrected chi connectivity index (χ4v) is 3.91. The van der Waals surface area contributed by atoms with Crippen LogP contribution in [0.4, 0.5) is 0 Å². The first-order valence-electron chi connectivity index (χ1n) is 6.96. The van der Waals surface area contributed by atoms with Gasteiger partial charge in [-0.1, -0.05) is 41.5 Å². The van der Waals surface area contributed by atoms with Gasteiger partial charge in [-0.3, -0.25) is 0 Å². The molecule has 1 aromatic heterocycles. The molecule has 0 amide bonds. The summed E-state index contributed by atoms with van der Waals surface area (Å²) < 4.78 is 0. The third-order valence-corrected chi connectivity index (χ3v) is 4.94. The number of nitrogens with zero attached hydrogens (tertiary/aromatic N) is 1. The monoisotopic (exact) mass is 266 g/mol. The highest BCUT2D eigenvalue weighted by molar-refractivity contribution is 7.11. The van der Waals surface area contributed by atoms with Crippen LogP contribution in [0.3, 0.4) is 0 Å². The van der Waals surface area contributed by atoms with E-state index in [1.807, 2.05) is 11.3 Å². The van der Waals surface area contributed by atoms with Crippen molar-refractivity contribution in [1.82, 2.24) is 10.3 Å². The lowest BCUT2D eigenvalue weighted by Gasteiger charge is -2.17. The van der Waals surface area contributed by atoms with E-state index >= 15 is 0 Å². The molecule has 2 nitrogen and oxygen atoms in total. The summed E-state index contributed by atoms with van der Waals surface area (Å²) in [6.07, 6.45) is 1.30. The van der Waals surface area contributed by atoms with Crippen LogP contribution in [-0.4, -0.2) is 11.5 Å². The lowest BCUT2D eigenvalue weighted by Crippen LogP contribution is -2.18. The van der Waals surface area contributed by atoms with Crippen LogP contribution in [0.1, 0.15) is 69.5 Å². The van der Waals surface area contributed by atoms with Crippen LogP contribution in [0.25, 0.3) is 0 Å². The lowest BCUT2D eigenvalue weighted by molar-refractivity contribution is 0.556. The number of thiazole rings is 1. The highest BCUT2D eigenvalue weighted by Crippen LogP contribution is 2.59. The van der Waals surface area contributed by atoms with Crippen LogP contribution < -0.4 is 5.32 Å². The first-order chi connectivity index (χ1) is 8.25. The Bertz CT molecular complexity index is 426. The second kappa shape index (κ2) is 4.61. The van der Waals surface area contributed by atoms with Crippen LogP contribution >= 0.6 is 11.3 Å². The molecule has 0 bridgehead atoms. The summed E-state index contributed by atoms with van der Waals surface area (Å²) in [4.78, 5) is 6.40. The van der Waals surface area contributed by atoms with Crippen LogP contribution in [0.5, 0.6) is 0 Å². The molecule has 0 spiro atoms. The third-order valence-electron chi connectivity index (χ3n) is 3.77. The molecule has 3 heteroatoms. The summed E-state index contributed by atoms with van der Waals surface area (Å²) in [5.74, 6) is 0.693. The molecule has 0 radical (unpaired) electrons. The fourth-order valence-electron chi connectivity index (χ4n) is 2.35. The van der Waals surface area contributed by atoms with E-state index in [0.29, 0.717) is 11.3 Å². The molecule has 1 aliphatic carbocycles. The normalized spacial score (nSPS) is 22.2. The van der Waals surface area contributed by atoms with Crippen molar-refractivity contribution in [2.45, 2.75) is 65.8 Å². The van der Waals surface area contributed by atoms with Crippen LogP contribution in [0.2, 0.25) is 0 Å². The standard InChI is InChI=1S/C15H26N2S/c1-7-16-9-11-12(14(2,3)4)17-13(18-11)10-8-15(10,5)6/h10,16H,7-9H2,1-6H3. The molecule has 1 saturated carbocycles. The zero-order valence-corrected chi connectivity index (χ0v) is 13.4. The Kier molecular flexibility index (Phi) is 3.58. The average Bonchev–Trinajstić information content (AvgIpc) is 2.73. The molecule has 102 valence electrons. The summed E-state index contributed by atoms with van der Waals surface area (Å²) in [5, 5.41) is 4.80. The maximum atomic E-state index is 4.97. The highest BCUT2D eigenvalue weighted by atomic mass is 32.1. The van der Waals surface area contributed by atoms with E-state index < -0.39 is 0 Å². The molecule has 1 atom stereocenters. The Morgan fingerprint density at radius 1 is 1.39 bits per heavy atom. The molecule has 0 saturated heterocycles. The number of rotatable bonds is 4. The number of aromatic nitrogens is 1. The molecular weight excluding hydrogens is 240 g/mol. The van der Waals surface area contributed by atoms with Gasteiger partial charge in [0.2, 0.25) is 0 Å². The van der Waals surface area contributed by atoms with Gasteiger partial charge in [0.25, 0.3) is 0 Å². The number of nitrogens with one attached hydrogen (secondary N) is 1. The van der Waals surface area contributed by atoms with Crippen LogP contribution in [0, 0.1) is 5.41 Å². The van der Waals surface area contributed by atoms with Crippen LogP contribution in [-0.2, 0) is 12.0 Å². The Morgan fingerprint density at radius 3 is 2.44 bits per heavy atom. The predicted molar refractivity (Wildman–Crippen MR) is 79.3 cm³/mol. The van der Waals surface area contributed by atoms with Crippen molar-refractivity contribution in [3.63, 3.8) is 0 Å². The van der Waals surface area contributed by atoms with Crippen molar-refractivity contribution in [1.29, 1.82) is 0 Å². The molecule has 1 unspecified atom stereocenters. The average molecular weight is 266 g/mol. The van der Waals surface area contributed by atoms with Gasteiger partial charge >= 0.3 is 0 Å². The van der Waals surface area contributed by atoms with Gasteiger partial charge in [0.1, 0.15) is 0 Å². The van der Waals surface area contributed by atoms with Crippen molar-refractivity contribution in [3.8, 4) is 0 Å². The van der Waals surface area contributed by atoms with E-state index in [9.17, 15) is 0 Å². The zero-order chi connectivity index (χ0) is 13.6. The molecule has 18 heavy (non-hydrogen) atoms. The minimum absolute atomic E-state index is 0.151. The third kappa shape index (κ3) is 2.77. The minimum Gasteiger partial charge on any atom is -0.312 e. The lowest BCUT2D eigenvalue weighted by atomic mass is 9.91. The van der Waals surface area contributed by atoms with Crippen molar-refractivity contribution < 1.29 is 0 Å². The highest BCUT2D eigenvalue weighted by Gasteiger charge is 2.48. The first kappa shape index (κ1) is 14.0. The Balaban J connectivity index is 2.27. The van der Waals surface area contributed by atoms with Crippen LogP contribution in [0.15, 0.2) is 0 Å². The Labute approximate surface area is 115 Å². The molecule has 1 fully saturated rings. The van der Waals surface area contributed by atoms with Gasteiger partial charge in [-0.25, -0.2) is 4.98 Å². The van der Waals surface area contributed by atoms with E-state index in [2.05, 4.69) is 46.9 Å². The largest absolute Gasteiger partial charge is 0.312 e. The molecule has 0 aromatic carbocycles. The summed E-state index contributed by atoms with van der Waals surface area (Å²) in [6, 6.07) is 0. The summed E-state index contributed by atoms with van der Waals surface area (Å²) in [7, 11) is 0. The quantitative estimate of drug-likeness (QED) is 0.889. The topological polar surface area (TPSA) is 24.9 Å². The molecule has 1 N–H and O–H groups in total. The Morgan fingerprint density at radius 2 is 2.00 bits per heavy atom. The maximum absolute atomic E-state index is 4.97. The minimum atomic E-state index is 0.151. The number of hydrogen-bond donors (Lipinski definition) is 1. The summed E-state index contributed by atoms with van der Waals surface area (Å²) in [5.41, 5.74) is 1.92. The molecular formula is C15H26N2S. The summed E-state index contributed by atoms with van der Waals surface area (Å²) in [6.45, 7) is 15.6. The van der Waals surface area contributed by atoms with E-state index in [1.54, 1.807) is 0 Å². The van der Waals surface area contributed by atoms with Gasteiger partial charge in [0.05, 0.1) is 10.7 Å². The van der Waals surface area contributed by atoms with E-state index in [0.717, 1.165) is 13.1 Å². The van der Waals surface area contributed by atoms with Crippen molar-refractivity contribution in [3.05, 3.63) is 15.6 Å². The van der Waals surface area contributed by atoms with E-state index in [4.69, 9.17) is 4.98 Å². The second-order valence-corrected chi connectivity index (χ2v) is 8.21. The van der Waals surface area contributed by atoms with Gasteiger partial charge in [-0.05, 0) is 18.4 Å². The SMILES string of the molecule is CCNCc1sc(C2CC2(C)C)nc1C(C)(C)C. The van der Waals surface area contributed by atoms with Crippen molar-refractivity contribution in [2.24, 2.45) is 5.41 Å². The van der Waals surface area contributed by atoms with E-state index in [1.165, 1.54) is 22.0 Å². The maximum Gasteiger partial charge on any atom is 0.0968 e. The Hall–Kier alpha value is -0.410.